The molecular formula is C23H22Cl2N2O3S. The number of halogens is 2. The van der Waals surface area contributed by atoms with Crippen LogP contribution in [-0.4, -0.2) is 20.9 Å². The molecule has 1 amide bonds. The van der Waals surface area contributed by atoms with Crippen LogP contribution in [0.25, 0.3) is 0 Å². The average Bonchev–Trinajstić information content (AvgIpc) is 2.77. The molecule has 162 valence electrons. The normalized spacial score (nSPS) is 12.2. The Kier molecular flexibility index (Phi) is 7.59. The number of nitrogens with zero attached hydrogens (tertiary/aromatic N) is 1. The summed E-state index contributed by atoms with van der Waals surface area (Å²) < 4.78 is 27.8. The number of hydrogen-bond donors (Lipinski definition) is 1. The Morgan fingerprint density at radius 1 is 0.968 bits per heavy atom. The first-order chi connectivity index (χ1) is 14.8. The number of benzene rings is 3. The van der Waals surface area contributed by atoms with Gasteiger partial charge in [-0.3, -0.25) is 9.10 Å². The topological polar surface area (TPSA) is 66.5 Å². The molecule has 0 aromatic heterocycles. The highest BCUT2D eigenvalue weighted by atomic mass is 35.5. The number of rotatable bonds is 8. The molecule has 0 spiro atoms. The number of sulfonamides is 1. The second kappa shape index (κ2) is 10.2. The minimum Gasteiger partial charge on any atom is -0.348 e. The van der Waals surface area contributed by atoms with Crippen LogP contribution in [0.3, 0.4) is 0 Å². The Hall–Kier alpha value is -2.54. The maximum absolute atomic E-state index is 13.4. The summed E-state index contributed by atoms with van der Waals surface area (Å²) in [4.78, 5) is 13.0. The number of carbonyl (C=O) groups excluding carboxylic acids is 1. The van der Waals surface area contributed by atoms with Gasteiger partial charge in [0.1, 0.15) is 6.54 Å². The molecule has 3 aromatic rings. The van der Waals surface area contributed by atoms with Crippen molar-refractivity contribution in [2.24, 2.45) is 0 Å². The Balaban J connectivity index is 1.94. The van der Waals surface area contributed by atoms with E-state index in [4.69, 9.17) is 23.2 Å². The van der Waals surface area contributed by atoms with E-state index in [1.165, 1.54) is 30.3 Å². The van der Waals surface area contributed by atoms with E-state index >= 15 is 0 Å². The third kappa shape index (κ3) is 5.58. The molecule has 3 rings (SSSR count). The highest BCUT2D eigenvalue weighted by Crippen LogP contribution is 2.32. The summed E-state index contributed by atoms with van der Waals surface area (Å²) in [5.41, 5.74) is 1.12. The molecule has 0 aliphatic rings. The summed E-state index contributed by atoms with van der Waals surface area (Å²) in [6, 6.07) is 21.7. The quantitative estimate of drug-likeness (QED) is 0.469. The molecule has 0 unspecified atom stereocenters. The number of amides is 1. The Bertz CT molecular complexity index is 1140. The van der Waals surface area contributed by atoms with Gasteiger partial charge in [0, 0.05) is 5.02 Å². The molecule has 1 atom stereocenters. The van der Waals surface area contributed by atoms with E-state index < -0.39 is 22.5 Å². The molecule has 0 radical (unpaired) electrons. The van der Waals surface area contributed by atoms with Gasteiger partial charge in [-0.1, -0.05) is 78.7 Å². The van der Waals surface area contributed by atoms with Gasteiger partial charge >= 0.3 is 0 Å². The highest BCUT2D eigenvalue weighted by molar-refractivity contribution is 7.92. The Morgan fingerprint density at radius 3 is 2.16 bits per heavy atom. The lowest BCUT2D eigenvalue weighted by Gasteiger charge is -2.26. The molecule has 0 saturated heterocycles. The van der Waals surface area contributed by atoms with Gasteiger partial charge in [0.25, 0.3) is 10.0 Å². The van der Waals surface area contributed by atoms with Gasteiger partial charge in [-0.2, -0.15) is 0 Å². The molecule has 31 heavy (non-hydrogen) atoms. The maximum Gasteiger partial charge on any atom is 0.264 e. The molecule has 8 heteroatoms. The zero-order valence-electron chi connectivity index (χ0n) is 16.8. The second-order valence-electron chi connectivity index (χ2n) is 6.86. The summed E-state index contributed by atoms with van der Waals surface area (Å²) in [6.07, 6.45) is 0.656. The zero-order valence-corrected chi connectivity index (χ0v) is 19.2. The predicted molar refractivity (Wildman–Crippen MR) is 125 cm³/mol. The Morgan fingerprint density at radius 2 is 1.58 bits per heavy atom. The van der Waals surface area contributed by atoms with E-state index in [9.17, 15) is 13.2 Å². The van der Waals surface area contributed by atoms with Crippen LogP contribution < -0.4 is 9.62 Å². The predicted octanol–water partition coefficient (Wildman–Crippen LogP) is 5.46. The number of carbonyl (C=O) groups is 1. The van der Waals surface area contributed by atoms with E-state index in [0.717, 1.165) is 9.87 Å². The minimum absolute atomic E-state index is 0.0592. The van der Waals surface area contributed by atoms with Crippen LogP contribution in [0.2, 0.25) is 10.0 Å². The van der Waals surface area contributed by atoms with Crippen molar-refractivity contribution < 1.29 is 13.2 Å². The third-order valence-corrected chi connectivity index (χ3v) is 7.05. The van der Waals surface area contributed by atoms with Gasteiger partial charge < -0.3 is 5.32 Å². The van der Waals surface area contributed by atoms with Crippen LogP contribution in [0.4, 0.5) is 5.69 Å². The van der Waals surface area contributed by atoms with E-state index in [0.29, 0.717) is 11.4 Å². The molecule has 1 N–H and O–H groups in total. The highest BCUT2D eigenvalue weighted by Gasteiger charge is 2.29. The first kappa shape index (κ1) is 23.1. The second-order valence-corrected chi connectivity index (χ2v) is 9.57. The smallest absolute Gasteiger partial charge is 0.264 e. The van der Waals surface area contributed by atoms with Crippen molar-refractivity contribution in [3.8, 4) is 0 Å². The first-order valence-corrected chi connectivity index (χ1v) is 11.9. The van der Waals surface area contributed by atoms with Gasteiger partial charge in [0.15, 0.2) is 0 Å². The van der Waals surface area contributed by atoms with Crippen molar-refractivity contribution in [2.45, 2.75) is 24.3 Å². The summed E-state index contributed by atoms with van der Waals surface area (Å²) in [7, 11) is -4.05. The Labute approximate surface area is 192 Å². The third-order valence-electron chi connectivity index (χ3n) is 4.74. The van der Waals surface area contributed by atoms with Gasteiger partial charge in [-0.25, -0.2) is 8.42 Å². The molecule has 0 fully saturated rings. The van der Waals surface area contributed by atoms with E-state index in [1.54, 1.807) is 18.2 Å². The van der Waals surface area contributed by atoms with Crippen molar-refractivity contribution in [1.82, 2.24) is 5.32 Å². The fourth-order valence-electron chi connectivity index (χ4n) is 3.18. The molecular weight excluding hydrogens is 455 g/mol. The zero-order chi connectivity index (χ0) is 22.4. The first-order valence-electron chi connectivity index (χ1n) is 9.70. The van der Waals surface area contributed by atoms with Crippen molar-refractivity contribution in [2.75, 3.05) is 10.8 Å². The monoisotopic (exact) mass is 476 g/mol. The van der Waals surface area contributed by atoms with Crippen molar-refractivity contribution in [1.29, 1.82) is 0 Å². The van der Waals surface area contributed by atoms with Crippen LogP contribution in [-0.2, 0) is 14.8 Å². The van der Waals surface area contributed by atoms with Gasteiger partial charge in [-0.05, 0) is 42.3 Å². The van der Waals surface area contributed by atoms with Crippen molar-refractivity contribution >= 4 is 44.8 Å². The lowest BCUT2D eigenvalue weighted by molar-refractivity contribution is -0.120. The summed E-state index contributed by atoms with van der Waals surface area (Å²) in [5.74, 6) is -0.443. The van der Waals surface area contributed by atoms with Gasteiger partial charge in [0.05, 0.1) is 21.6 Å². The summed E-state index contributed by atoms with van der Waals surface area (Å²) >= 11 is 12.3. The number of nitrogens with one attached hydrogen (secondary N) is 1. The summed E-state index contributed by atoms with van der Waals surface area (Å²) in [5, 5.41) is 3.42. The van der Waals surface area contributed by atoms with Gasteiger partial charge in [0.2, 0.25) is 5.91 Å². The molecule has 0 heterocycles. The molecule has 3 aromatic carbocycles. The lowest BCUT2D eigenvalue weighted by atomic mass is 10.0. The average molecular weight is 477 g/mol. The van der Waals surface area contributed by atoms with Crippen molar-refractivity contribution in [3.05, 3.63) is 94.5 Å². The van der Waals surface area contributed by atoms with Crippen LogP contribution in [0, 0.1) is 0 Å². The van der Waals surface area contributed by atoms with E-state index in [2.05, 4.69) is 5.32 Å². The minimum atomic E-state index is -4.05. The fourth-order valence-corrected chi connectivity index (χ4v) is 5.20. The van der Waals surface area contributed by atoms with Crippen molar-refractivity contribution in [3.63, 3.8) is 0 Å². The van der Waals surface area contributed by atoms with Crippen LogP contribution in [0.15, 0.2) is 83.8 Å². The lowest BCUT2D eigenvalue weighted by Crippen LogP contribution is -2.42. The molecule has 0 aliphatic carbocycles. The molecule has 5 nitrogen and oxygen atoms in total. The van der Waals surface area contributed by atoms with E-state index in [-0.39, 0.29) is 21.6 Å². The van der Waals surface area contributed by atoms with E-state index in [1.807, 2.05) is 37.3 Å². The molecule has 0 bridgehead atoms. The maximum atomic E-state index is 13.4. The fraction of sp³-hybridized carbons (Fsp3) is 0.174. The number of anilines is 1. The summed E-state index contributed by atoms with van der Waals surface area (Å²) in [6.45, 7) is 1.52. The largest absolute Gasteiger partial charge is 0.348 e. The standard InChI is InChI=1S/C23H22Cl2N2O3S/c1-2-21(17-9-5-3-6-10-17)26-23(28)16-27(22-14-13-18(24)15-20(22)25)31(29,30)19-11-7-4-8-12-19/h3-15,21H,2,16H2,1H3,(H,26,28)/t21-/m0/s1. The molecule has 0 saturated carbocycles. The molecule has 0 aliphatic heterocycles. The SMILES string of the molecule is CC[C@H](NC(=O)CN(c1ccc(Cl)cc1Cl)S(=O)(=O)c1ccccc1)c1ccccc1. The number of hydrogen-bond acceptors (Lipinski definition) is 3. The van der Waals surface area contributed by atoms with Gasteiger partial charge in [-0.15, -0.1) is 0 Å². The van der Waals surface area contributed by atoms with Crippen LogP contribution >= 0.6 is 23.2 Å². The van der Waals surface area contributed by atoms with Crippen LogP contribution in [0.1, 0.15) is 24.9 Å². The van der Waals surface area contributed by atoms with Crippen LogP contribution in [0.5, 0.6) is 0 Å².